The lowest BCUT2D eigenvalue weighted by atomic mass is 9.95. The number of hydrogen-bond acceptors (Lipinski definition) is 5. The van der Waals surface area contributed by atoms with Crippen LogP contribution in [0.1, 0.15) is 45.3 Å². The minimum absolute atomic E-state index is 0.0688. The van der Waals surface area contributed by atoms with Gasteiger partial charge in [0, 0.05) is 23.4 Å². The average Bonchev–Trinajstić information content (AvgIpc) is 2.78. The van der Waals surface area contributed by atoms with Crippen LogP contribution in [0, 0.1) is 5.82 Å². The van der Waals surface area contributed by atoms with Crippen molar-refractivity contribution in [2.75, 3.05) is 6.61 Å². The quantitative estimate of drug-likeness (QED) is 0.454. The molecule has 7 heteroatoms. The summed E-state index contributed by atoms with van der Waals surface area (Å²) < 4.78 is 20.1. The SMILES string of the molecule is CCOC(=O)CC(O)CC(O)/C=C/c1c(-c2ccc(F)cc2)c2ccccc2c(=O)n1C(C)C. The second-order valence-corrected chi connectivity index (χ2v) is 8.41. The number of fused-ring (bicyclic) bond motifs is 1. The zero-order chi connectivity index (χ0) is 24.8. The van der Waals surface area contributed by atoms with Gasteiger partial charge in [0.1, 0.15) is 5.82 Å². The zero-order valence-electron chi connectivity index (χ0n) is 19.6. The van der Waals surface area contributed by atoms with Crippen LogP contribution in [0.25, 0.3) is 28.0 Å². The van der Waals surface area contributed by atoms with Crippen molar-refractivity contribution in [3.05, 3.63) is 76.5 Å². The van der Waals surface area contributed by atoms with Crippen molar-refractivity contribution in [3.8, 4) is 11.1 Å². The van der Waals surface area contributed by atoms with E-state index >= 15 is 0 Å². The Hall–Kier alpha value is -3.29. The van der Waals surface area contributed by atoms with E-state index < -0.39 is 18.2 Å². The Morgan fingerprint density at radius 1 is 1.09 bits per heavy atom. The van der Waals surface area contributed by atoms with Gasteiger partial charge < -0.3 is 19.5 Å². The summed E-state index contributed by atoms with van der Waals surface area (Å²) in [6.07, 6.45) is 0.720. The van der Waals surface area contributed by atoms with E-state index in [0.29, 0.717) is 16.5 Å². The molecule has 0 bridgehead atoms. The molecular weight excluding hydrogens is 437 g/mol. The minimum Gasteiger partial charge on any atom is -0.466 e. The molecule has 0 amide bonds. The Labute approximate surface area is 197 Å². The summed E-state index contributed by atoms with van der Waals surface area (Å²) in [5.74, 6) is -0.902. The zero-order valence-corrected chi connectivity index (χ0v) is 19.6. The topological polar surface area (TPSA) is 88.8 Å². The highest BCUT2D eigenvalue weighted by Gasteiger charge is 2.19. The maximum absolute atomic E-state index is 13.6. The van der Waals surface area contributed by atoms with Gasteiger partial charge in [0.05, 0.1) is 30.9 Å². The molecule has 0 fully saturated rings. The smallest absolute Gasteiger partial charge is 0.308 e. The lowest BCUT2D eigenvalue weighted by Gasteiger charge is -2.21. The van der Waals surface area contributed by atoms with E-state index in [0.717, 1.165) is 11.1 Å². The summed E-state index contributed by atoms with van der Waals surface area (Å²) in [5, 5.41) is 21.9. The van der Waals surface area contributed by atoms with Crippen molar-refractivity contribution >= 4 is 22.8 Å². The number of nitrogens with zero attached hydrogens (tertiary/aromatic N) is 1. The van der Waals surface area contributed by atoms with Gasteiger partial charge in [-0.15, -0.1) is 0 Å². The number of carbonyl (C=O) groups is 1. The minimum atomic E-state index is -1.07. The molecule has 1 aromatic heterocycles. The van der Waals surface area contributed by atoms with Gasteiger partial charge >= 0.3 is 5.97 Å². The second kappa shape index (κ2) is 11.2. The Bertz CT molecular complexity index is 1230. The summed E-state index contributed by atoms with van der Waals surface area (Å²) in [6.45, 7) is 5.68. The van der Waals surface area contributed by atoms with Crippen LogP contribution in [0.3, 0.4) is 0 Å². The maximum Gasteiger partial charge on any atom is 0.308 e. The molecule has 3 aromatic rings. The highest BCUT2D eigenvalue weighted by Crippen LogP contribution is 2.33. The number of halogens is 1. The molecule has 180 valence electrons. The van der Waals surface area contributed by atoms with Gasteiger partial charge in [-0.3, -0.25) is 9.59 Å². The first-order valence-corrected chi connectivity index (χ1v) is 11.4. The molecular formula is C27H30FNO5. The van der Waals surface area contributed by atoms with Crippen LogP contribution in [0.4, 0.5) is 4.39 Å². The van der Waals surface area contributed by atoms with E-state index in [9.17, 15) is 24.2 Å². The fraction of sp³-hybridized carbons (Fsp3) is 0.333. The summed E-state index contributed by atoms with van der Waals surface area (Å²) in [5.41, 5.74) is 1.85. The van der Waals surface area contributed by atoms with Gasteiger partial charge in [-0.05, 0) is 56.0 Å². The predicted octanol–water partition coefficient (Wildman–Crippen LogP) is 4.47. The number of aromatic nitrogens is 1. The highest BCUT2D eigenvalue weighted by molar-refractivity contribution is 5.99. The molecule has 3 rings (SSSR count). The molecule has 0 spiro atoms. The molecule has 2 unspecified atom stereocenters. The molecule has 2 aromatic carbocycles. The number of pyridine rings is 1. The van der Waals surface area contributed by atoms with Crippen molar-refractivity contribution in [2.24, 2.45) is 0 Å². The lowest BCUT2D eigenvalue weighted by Crippen LogP contribution is -2.25. The molecule has 2 N–H and O–H groups in total. The number of esters is 1. The van der Waals surface area contributed by atoms with Crippen LogP contribution in [0.2, 0.25) is 0 Å². The first-order valence-electron chi connectivity index (χ1n) is 11.4. The Kier molecular flexibility index (Phi) is 8.36. The molecule has 2 atom stereocenters. The average molecular weight is 468 g/mol. The van der Waals surface area contributed by atoms with Crippen LogP contribution >= 0.6 is 0 Å². The van der Waals surface area contributed by atoms with Gasteiger partial charge in [-0.2, -0.15) is 0 Å². The summed E-state index contributed by atoms with van der Waals surface area (Å²) in [6, 6.07) is 13.1. The van der Waals surface area contributed by atoms with Crippen LogP contribution in [-0.4, -0.2) is 39.6 Å². The predicted molar refractivity (Wildman–Crippen MR) is 131 cm³/mol. The lowest BCUT2D eigenvalue weighted by molar-refractivity contribution is -0.145. The molecule has 0 aliphatic heterocycles. The molecule has 0 saturated heterocycles. The van der Waals surface area contributed by atoms with Crippen LogP contribution < -0.4 is 5.56 Å². The number of ether oxygens (including phenoxy) is 1. The van der Waals surface area contributed by atoms with Crippen LogP contribution in [-0.2, 0) is 9.53 Å². The maximum atomic E-state index is 13.6. The standard InChI is InChI=1S/C27H30FNO5/c1-4-34-25(32)16-21(31)15-20(30)13-14-24-26(18-9-11-19(28)12-10-18)22-7-5-6-8-23(22)27(33)29(24)17(2)3/h5-14,17,20-21,30-31H,4,15-16H2,1-3H3/b14-13+. The number of rotatable bonds is 9. The van der Waals surface area contributed by atoms with Crippen molar-refractivity contribution in [1.82, 2.24) is 4.57 Å². The Balaban J connectivity index is 2.09. The number of benzene rings is 2. The van der Waals surface area contributed by atoms with Crippen molar-refractivity contribution < 1.29 is 24.1 Å². The third kappa shape index (κ3) is 5.79. The van der Waals surface area contributed by atoms with E-state index in [1.54, 1.807) is 41.8 Å². The van der Waals surface area contributed by atoms with E-state index in [1.807, 2.05) is 26.0 Å². The van der Waals surface area contributed by atoms with E-state index in [2.05, 4.69) is 0 Å². The Morgan fingerprint density at radius 3 is 2.35 bits per heavy atom. The largest absolute Gasteiger partial charge is 0.466 e. The van der Waals surface area contributed by atoms with E-state index in [4.69, 9.17) is 4.74 Å². The Morgan fingerprint density at radius 2 is 1.74 bits per heavy atom. The van der Waals surface area contributed by atoms with E-state index in [1.165, 1.54) is 18.2 Å². The fourth-order valence-corrected chi connectivity index (χ4v) is 4.04. The van der Waals surface area contributed by atoms with Gasteiger partial charge in [-0.1, -0.05) is 36.4 Å². The molecule has 34 heavy (non-hydrogen) atoms. The molecule has 0 radical (unpaired) electrons. The summed E-state index contributed by atoms with van der Waals surface area (Å²) in [7, 11) is 0. The molecule has 0 aliphatic carbocycles. The molecule has 1 heterocycles. The third-order valence-electron chi connectivity index (χ3n) is 5.51. The van der Waals surface area contributed by atoms with Gasteiger partial charge in [0.2, 0.25) is 0 Å². The number of aliphatic hydroxyl groups is 2. The monoisotopic (exact) mass is 467 g/mol. The van der Waals surface area contributed by atoms with Gasteiger partial charge in [-0.25, -0.2) is 4.39 Å². The fourth-order valence-electron chi connectivity index (χ4n) is 4.04. The third-order valence-corrected chi connectivity index (χ3v) is 5.51. The first-order chi connectivity index (χ1) is 16.2. The number of aliphatic hydroxyl groups excluding tert-OH is 2. The summed E-state index contributed by atoms with van der Waals surface area (Å²) in [4.78, 5) is 24.9. The normalized spacial score (nSPS) is 13.5. The van der Waals surface area contributed by atoms with Crippen LogP contribution in [0.5, 0.6) is 0 Å². The second-order valence-electron chi connectivity index (χ2n) is 8.41. The van der Waals surface area contributed by atoms with Crippen molar-refractivity contribution in [1.29, 1.82) is 0 Å². The van der Waals surface area contributed by atoms with Gasteiger partial charge in [0.25, 0.3) is 5.56 Å². The molecule has 0 saturated carbocycles. The highest BCUT2D eigenvalue weighted by atomic mass is 19.1. The first kappa shape index (κ1) is 25.3. The summed E-state index contributed by atoms with van der Waals surface area (Å²) >= 11 is 0. The number of carbonyl (C=O) groups excluding carboxylic acids is 1. The van der Waals surface area contributed by atoms with Crippen molar-refractivity contribution in [2.45, 2.75) is 51.9 Å². The van der Waals surface area contributed by atoms with Crippen LogP contribution in [0.15, 0.2) is 59.4 Å². The molecule has 6 nitrogen and oxygen atoms in total. The number of hydrogen-bond donors (Lipinski definition) is 2. The molecule has 0 aliphatic rings. The van der Waals surface area contributed by atoms with E-state index in [-0.39, 0.29) is 36.9 Å². The van der Waals surface area contributed by atoms with Gasteiger partial charge in [0.15, 0.2) is 0 Å². The van der Waals surface area contributed by atoms with Crippen molar-refractivity contribution in [3.63, 3.8) is 0 Å².